The largest absolute Gasteiger partial charge is 0.493 e. The van der Waals surface area contributed by atoms with Crippen LogP contribution < -0.4 is 14.2 Å². The second-order valence-electron chi connectivity index (χ2n) is 8.03. The molecule has 4 heteroatoms. The van der Waals surface area contributed by atoms with Crippen molar-refractivity contribution in [2.24, 2.45) is 5.92 Å². The van der Waals surface area contributed by atoms with E-state index in [4.69, 9.17) is 14.2 Å². The highest BCUT2D eigenvalue weighted by Gasteiger charge is 2.31. The van der Waals surface area contributed by atoms with Crippen molar-refractivity contribution >= 4 is 0 Å². The molecular weight excluding hydrogens is 343 g/mol. The maximum absolute atomic E-state index is 14.1. The van der Waals surface area contributed by atoms with Crippen molar-refractivity contribution in [1.82, 2.24) is 0 Å². The van der Waals surface area contributed by atoms with Gasteiger partial charge in [-0.2, -0.15) is 0 Å². The molecule has 0 aromatic heterocycles. The fourth-order valence-corrected chi connectivity index (χ4v) is 3.22. The van der Waals surface area contributed by atoms with E-state index in [-0.39, 0.29) is 23.4 Å². The fourth-order valence-electron chi connectivity index (χ4n) is 3.22. The van der Waals surface area contributed by atoms with Gasteiger partial charge in [-0.25, -0.2) is 4.39 Å². The highest BCUT2D eigenvalue weighted by Crippen LogP contribution is 2.44. The number of hydrogen-bond acceptors (Lipinski definition) is 3. The topological polar surface area (TPSA) is 27.7 Å². The van der Waals surface area contributed by atoms with Gasteiger partial charge in [-0.3, -0.25) is 0 Å². The van der Waals surface area contributed by atoms with Gasteiger partial charge in [0, 0.05) is 12.0 Å². The van der Waals surface area contributed by atoms with Crippen LogP contribution in [0.25, 0.3) is 0 Å². The lowest BCUT2D eigenvalue weighted by Crippen LogP contribution is -2.20. The molecule has 2 aromatic carbocycles. The fraction of sp³-hybridized carbons (Fsp3) is 0.478. The first kappa shape index (κ1) is 19.5. The monoisotopic (exact) mass is 372 g/mol. The molecule has 2 aromatic rings. The summed E-state index contributed by atoms with van der Waals surface area (Å²) in [6, 6.07) is 11.4. The molecule has 1 aliphatic rings. The normalized spacial score (nSPS) is 16.8. The summed E-state index contributed by atoms with van der Waals surface area (Å²) in [5.41, 5.74) is 2.13. The molecule has 0 fully saturated rings. The van der Waals surface area contributed by atoms with E-state index < -0.39 is 6.29 Å². The quantitative estimate of drug-likeness (QED) is 0.573. The highest BCUT2D eigenvalue weighted by molar-refractivity contribution is 5.51. The van der Waals surface area contributed by atoms with Crippen molar-refractivity contribution < 1.29 is 18.6 Å². The molecule has 3 rings (SSSR count). The zero-order chi connectivity index (χ0) is 19.6. The van der Waals surface area contributed by atoms with Gasteiger partial charge >= 0.3 is 0 Å². The van der Waals surface area contributed by atoms with E-state index >= 15 is 0 Å². The van der Waals surface area contributed by atoms with Crippen molar-refractivity contribution in [3.05, 3.63) is 53.3 Å². The SMILES string of the molecule is CC(C)COc1cccc(C(C)CC2Oc3c(F)ccc(C(C)C)c3O2)c1. The lowest BCUT2D eigenvalue weighted by atomic mass is 9.97. The smallest absolute Gasteiger partial charge is 0.242 e. The number of benzene rings is 2. The second-order valence-corrected chi connectivity index (χ2v) is 8.03. The van der Waals surface area contributed by atoms with E-state index in [1.54, 1.807) is 6.07 Å². The Labute approximate surface area is 161 Å². The van der Waals surface area contributed by atoms with E-state index in [2.05, 4.69) is 46.8 Å². The molecule has 3 nitrogen and oxygen atoms in total. The second kappa shape index (κ2) is 8.20. The third-order valence-corrected chi connectivity index (χ3v) is 4.77. The van der Waals surface area contributed by atoms with Crippen LogP contribution in [0.4, 0.5) is 4.39 Å². The molecule has 0 saturated heterocycles. The van der Waals surface area contributed by atoms with Crippen LogP contribution in [0.3, 0.4) is 0 Å². The van der Waals surface area contributed by atoms with Crippen LogP contribution in [0.2, 0.25) is 0 Å². The van der Waals surface area contributed by atoms with Crippen LogP contribution in [0, 0.1) is 11.7 Å². The number of hydrogen-bond donors (Lipinski definition) is 0. The summed E-state index contributed by atoms with van der Waals surface area (Å²) in [5, 5.41) is 0. The van der Waals surface area contributed by atoms with Gasteiger partial charge in [-0.1, -0.05) is 52.8 Å². The zero-order valence-electron chi connectivity index (χ0n) is 16.8. The third-order valence-electron chi connectivity index (χ3n) is 4.77. The molecule has 0 N–H and O–H groups in total. The first-order valence-electron chi connectivity index (χ1n) is 9.73. The van der Waals surface area contributed by atoms with E-state index in [0.717, 1.165) is 16.9 Å². The van der Waals surface area contributed by atoms with E-state index in [1.165, 1.54) is 6.07 Å². The molecule has 1 heterocycles. The predicted molar refractivity (Wildman–Crippen MR) is 105 cm³/mol. The average Bonchev–Trinajstić information content (AvgIpc) is 3.04. The van der Waals surface area contributed by atoms with Crippen molar-refractivity contribution in [3.8, 4) is 17.2 Å². The Morgan fingerprint density at radius 2 is 1.74 bits per heavy atom. The van der Waals surface area contributed by atoms with E-state index in [9.17, 15) is 4.39 Å². The maximum Gasteiger partial charge on any atom is 0.242 e. The molecule has 146 valence electrons. The van der Waals surface area contributed by atoms with Gasteiger partial charge in [-0.05, 0) is 41.5 Å². The van der Waals surface area contributed by atoms with Gasteiger partial charge < -0.3 is 14.2 Å². The maximum atomic E-state index is 14.1. The van der Waals surface area contributed by atoms with E-state index in [1.807, 2.05) is 12.1 Å². The Balaban J connectivity index is 1.69. The molecule has 0 bridgehead atoms. The lowest BCUT2D eigenvalue weighted by molar-refractivity contribution is 0.0346. The Bertz CT molecular complexity index is 785. The van der Waals surface area contributed by atoms with Crippen LogP contribution in [0.15, 0.2) is 36.4 Å². The summed E-state index contributed by atoms with van der Waals surface area (Å²) in [6.07, 6.45) is 0.156. The van der Waals surface area contributed by atoms with Crippen LogP contribution in [0.1, 0.15) is 64.0 Å². The molecular formula is C23H29FO3. The van der Waals surface area contributed by atoms with Gasteiger partial charge in [0.05, 0.1) is 6.61 Å². The van der Waals surface area contributed by atoms with Crippen LogP contribution >= 0.6 is 0 Å². The summed E-state index contributed by atoms with van der Waals surface area (Å²) < 4.78 is 31.8. The summed E-state index contributed by atoms with van der Waals surface area (Å²) in [7, 11) is 0. The Kier molecular flexibility index (Phi) is 5.93. The molecule has 0 radical (unpaired) electrons. The molecule has 1 aliphatic heterocycles. The number of rotatable bonds is 7. The third kappa shape index (κ3) is 4.55. The van der Waals surface area contributed by atoms with Crippen molar-refractivity contribution in [2.75, 3.05) is 6.61 Å². The van der Waals surface area contributed by atoms with Gasteiger partial charge in [0.2, 0.25) is 12.0 Å². The van der Waals surface area contributed by atoms with Gasteiger partial charge in [0.15, 0.2) is 11.6 Å². The Morgan fingerprint density at radius 3 is 2.44 bits per heavy atom. The van der Waals surface area contributed by atoms with E-state index in [0.29, 0.717) is 24.7 Å². The average molecular weight is 372 g/mol. The first-order valence-corrected chi connectivity index (χ1v) is 9.73. The highest BCUT2D eigenvalue weighted by atomic mass is 19.1. The van der Waals surface area contributed by atoms with Crippen LogP contribution in [-0.4, -0.2) is 12.9 Å². The molecule has 2 atom stereocenters. The standard InChI is InChI=1S/C23H29FO3/c1-14(2)13-25-18-8-6-7-17(12-18)16(5)11-21-26-22-19(15(3)4)9-10-20(24)23(22)27-21/h6-10,12,14-16,21H,11,13H2,1-5H3. The number of fused-ring (bicyclic) bond motifs is 1. The molecule has 27 heavy (non-hydrogen) atoms. The summed E-state index contributed by atoms with van der Waals surface area (Å²) in [4.78, 5) is 0. The minimum absolute atomic E-state index is 0.192. The number of ether oxygens (including phenoxy) is 3. The summed E-state index contributed by atoms with van der Waals surface area (Å²) in [6.45, 7) is 11.2. The van der Waals surface area contributed by atoms with Crippen molar-refractivity contribution in [3.63, 3.8) is 0 Å². The molecule has 0 saturated carbocycles. The van der Waals surface area contributed by atoms with Crippen LogP contribution in [0.5, 0.6) is 17.2 Å². The minimum Gasteiger partial charge on any atom is -0.493 e. The van der Waals surface area contributed by atoms with Gasteiger partial charge in [-0.15, -0.1) is 0 Å². The number of halogens is 1. The molecule has 0 amide bonds. The van der Waals surface area contributed by atoms with Crippen LogP contribution in [-0.2, 0) is 0 Å². The Morgan fingerprint density at radius 1 is 1.00 bits per heavy atom. The minimum atomic E-state index is -0.482. The lowest BCUT2D eigenvalue weighted by Gasteiger charge is -2.18. The van der Waals surface area contributed by atoms with Crippen molar-refractivity contribution in [2.45, 2.75) is 59.2 Å². The first-order chi connectivity index (χ1) is 12.8. The van der Waals surface area contributed by atoms with Crippen molar-refractivity contribution in [1.29, 1.82) is 0 Å². The van der Waals surface area contributed by atoms with Gasteiger partial charge in [0.1, 0.15) is 5.75 Å². The predicted octanol–water partition coefficient (Wildman–Crippen LogP) is 6.28. The Hall–Kier alpha value is -2.23. The molecule has 0 aliphatic carbocycles. The molecule has 2 unspecified atom stereocenters. The molecule has 0 spiro atoms. The summed E-state index contributed by atoms with van der Waals surface area (Å²) >= 11 is 0. The van der Waals surface area contributed by atoms with Gasteiger partial charge in [0.25, 0.3) is 0 Å². The summed E-state index contributed by atoms with van der Waals surface area (Å²) in [5.74, 6) is 2.22. The zero-order valence-corrected chi connectivity index (χ0v) is 16.8.